The van der Waals surface area contributed by atoms with Gasteiger partial charge in [0.05, 0.1) is 11.0 Å². The van der Waals surface area contributed by atoms with E-state index in [-0.39, 0.29) is 0 Å². The van der Waals surface area contributed by atoms with E-state index in [1.807, 2.05) is 18.2 Å². The second-order valence-electron chi connectivity index (χ2n) is 15.9. The first kappa shape index (κ1) is 34.5. The summed E-state index contributed by atoms with van der Waals surface area (Å²) in [5.74, 6) is 1.68. The lowest BCUT2D eigenvalue weighted by atomic mass is 9.92. The fourth-order valence-corrected chi connectivity index (χ4v) is 9.65. The maximum Gasteiger partial charge on any atom is 0.238 e. The van der Waals surface area contributed by atoms with Crippen molar-refractivity contribution in [2.45, 2.75) is 0 Å². The molecule has 0 saturated heterocycles. The molecule has 0 saturated carbocycles. The third kappa shape index (κ3) is 5.25. The first-order valence-electron chi connectivity index (χ1n) is 20.9. The number of rotatable bonds is 5. The summed E-state index contributed by atoms with van der Waals surface area (Å²) in [5, 5.41) is 11.6. The van der Waals surface area contributed by atoms with Crippen molar-refractivity contribution in [1.29, 1.82) is 0 Å². The normalized spacial score (nSPS) is 11.9. The van der Waals surface area contributed by atoms with Crippen molar-refractivity contribution in [3.8, 4) is 51.0 Å². The van der Waals surface area contributed by atoms with E-state index in [0.29, 0.717) is 17.6 Å². The van der Waals surface area contributed by atoms with E-state index in [9.17, 15) is 0 Å². The van der Waals surface area contributed by atoms with Gasteiger partial charge in [-0.2, -0.15) is 9.97 Å². The molecule has 0 bridgehead atoms. The van der Waals surface area contributed by atoms with E-state index in [1.165, 1.54) is 32.3 Å². The van der Waals surface area contributed by atoms with Gasteiger partial charge in [0.15, 0.2) is 11.6 Å². The Kier molecular flexibility index (Phi) is 7.54. The van der Waals surface area contributed by atoms with Crippen LogP contribution in [0.5, 0.6) is 0 Å². The van der Waals surface area contributed by atoms with Crippen LogP contribution in [-0.2, 0) is 0 Å². The molecule has 0 aliphatic rings. The summed E-state index contributed by atoms with van der Waals surface area (Å²) < 4.78 is 8.84. The number of furan rings is 1. The zero-order valence-corrected chi connectivity index (χ0v) is 33.3. The maximum absolute atomic E-state index is 6.57. The van der Waals surface area contributed by atoms with Crippen LogP contribution in [0.3, 0.4) is 0 Å². The summed E-state index contributed by atoms with van der Waals surface area (Å²) in [5.41, 5.74) is 9.99. The molecule has 5 heteroatoms. The highest BCUT2D eigenvalue weighted by Gasteiger charge is 2.24. The van der Waals surface area contributed by atoms with E-state index in [0.717, 1.165) is 77.1 Å². The minimum atomic E-state index is 0.535. The predicted octanol–water partition coefficient (Wildman–Crippen LogP) is 15.0. The second-order valence-corrected chi connectivity index (χ2v) is 15.9. The molecule has 3 heterocycles. The van der Waals surface area contributed by atoms with Crippen LogP contribution in [0.15, 0.2) is 211 Å². The van der Waals surface area contributed by atoms with Crippen LogP contribution in [0.25, 0.3) is 127 Å². The van der Waals surface area contributed by atoms with Crippen molar-refractivity contribution in [1.82, 2.24) is 19.5 Å². The number of nitrogens with zero attached hydrogens (tertiary/aromatic N) is 4. The van der Waals surface area contributed by atoms with Gasteiger partial charge >= 0.3 is 0 Å². The Bertz CT molecular complexity index is 3770. The maximum atomic E-state index is 6.57. The summed E-state index contributed by atoms with van der Waals surface area (Å²) in [4.78, 5) is 16.0. The van der Waals surface area contributed by atoms with Gasteiger partial charge in [0, 0.05) is 32.7 Å². The Morgan fingerprint density at radius 2 is 0.823 bits per heavy atom. The van der Waals surface area contributed by atoms with Crippen LogP contribution in [0, 0.1) is 0 Å². The van der Waals surface area contributed by atoms with Gasteiger partial charge in [0.25, 0.3) is 0 Å². The largest absolute Gasteiger partial charge is 0.456 e. The van der Waals surface area contributed by atoms with Crippen LogP contribution in [0.2, 0.25) is 0 Å². The number of benzene rings is 10. The molecule has 0 radical (unpaired) electrons. The fourth-order valence-electron chi connectivity index (χ4n) is 9.65. The van der Waals surface area contributed by atoms with Gasteiger partial charge in [0.2, 0.25) is 5.95 Å². The summed E-state index contributed by atoms with van der Waals surface area (Å²) in [6, 6.07) is 72.7. The molecule has 62 heavy (non-hydrogen) atoms. The number of hydrogen-bond donors (Lipinski definition) is 0. The standard InChI is InChI=1S/C57H34N4O/c1-4-16-35(17-5-1)46-33-48-53(43-26-14-12-24-41(43)46)54-44-27-15-13-25-42(44)47(36-18-6-2-7-19-36)34-49(54)61(48)57-59-55(38-21-8-3-9-22-38)58-56(60-57)39-28-30-45-51(32-39)62-50-31-29-37-20-10-11-23-40(37)52(45)50/h1-34H. The van der Waals surface area contributed by atoms with Crippen molar-refractivity contribution < 1.29 is 4.42 Å². The highest BCUT2D eigenvalue weighted by molar-refractivity contribution is 6.31. The Labute approximate surface area is 355 Å². The van der Waals surface area contributed by atoms with Crippen LogP contribution in [0.4, 0.5) is 0 Å². The number of aromatic nitrogens is 4. The van der Waals surface area contributed by atoms with Gasteiger partial charge in [-0.15, -0.1) is 0 Å². The van der Waals surface area contributed by atoms with Crippen LogP contribution >= 0.6 is 0 Å². The minimum absolute atomic E-state index is 0.535. The zero-order valence-electron chi connectivity index (χ0n) is 33.3. The average Bonchev–Trinajstić information content (AvgIpc) is 3.90. The minimum Gasteiger partial charge on any atom is -0.456 e. The molecular formula is C57H34N4O. The molecule has 0 unspecified atom stereocenters. The molecule has 288 valence electrons. The Morgan fingerprint density at radius 1 is 0.323 bits per heavy atom. The molecule has 13 aromatic rings. The van der Waals surface area contributed by atoms with Crippen LogP contribution < -0.4 is 0 Å². The van der Waals surface area contributed by atoms with Gasteiger partial charge in [-0.3, -0.25) is 4.57 Å². The van der Waals surface area contributed by atoms with E-state index >= 15 is 0 Å². The van der Waals surface area contributed by atoms with Crippen molar-refractivity contribution in [2.24, 2.45) is 0 Å². The van der Waals surface area contributed by atoms with Gasteiger partial charge < -0.3 is 4.42 Å². The predicted molar refractivity (Wildman–Crippen MR) is 256 cm³/mol. The van der Waals surface area contributed by atoms with Gasteiger partial charge in [-0.25, -0.2) is 4.98 Å². The fraction of sp³-hybridized carbons (Fsp3) is 0. The second kappa shape index (κ2) is 13.6. The molecule has 0 aliphatic carbocycles. The third-order valence-electron chi connectivity index (χ3n) is 12.4. The molecule has 0 spiro atoms. The van der Waals surface area contributed by atoms with Crippen molar-refractivity contribution >= 4 is 76.1 Å². The highest BCUT2D eigenvalue weighted by atomic mass is 16.3. The quantitative estimate of drug-likeness (QED) is 0.174. The molecule has 0 aliphatic heterocycles. The molecule has 13 rings (SSSR count). The summed E-state index contributed by atoms with van der Waals surface area (Å²) >= 11 is 0. The highest BCUT2D eigenvalue weighted by Crippen LogP contribution is 2.46. The number of hydrogen-bond acceptors (Lipinski definition) is 4. The monoisotopic (exact) mass is 790 g/mol. The van der Waals surface area contributed by atoms with Gasteiger partial charge in [0.1, 0.15) is 11.2 Å². The van der Waals surface area contributed by atoms with E-state index in [2.05, 4.69) is 193 Å². The Morgan fingerprint density at radius 3 is 1.42 bits per heavy atom. The van der Waals surface area contributed by atoms with E-state index in [4.69, 9.17) is 19.4 Å². The molecule has 5 nitrogen and oxygen atoms in total. The van der Waals surface area contributed by atoms with Crippen molar-refractivity contribution in [2.75, 3.05) is 0 Å². The summed E-state index contributed by atoms with van der Waals surface area (Å²) in [6.45, 7) is 0. The van der Waals surface area contributed by atoms with Gasteiger partial charge in [-0.1, -0.05) is 176 Å². The Balaban J connectivity index is 1.16. The zero-order chi connectivity index (χ0) is 40.7. The lowest BCUT2D eigenvalue weighted by Gasteiger charge is -2.13. The van der Waals surface area contributed by atoms with Crippen molar-refractivity contribution in [3.05, 3.63) is 206 Å². The van der Waals surface area contributed by atoms with Gasteiger partial charge in [-0.05, 0) is 84.9 Å². The molecule has 10 aromatic carbocycles. The molecule has 0 N–H and O–H groups in total. The molecule has 0 atom stereocenters. The molecular weight excluding hydrogens is 757 g/mol. The summed E-state index contributed by atoms with van der Waals surface area (Å²) in [7, 11) is 0. The molecule has 0 amide bonds. The molecule has 0 fully saturated rings. The third-order valence-corrected chi connectivity index (χ3v) is 12.4. The SMILES string of the molecule is c1ccc(-c2nc(-c3ccc4c(c3)oc3ccc5ccccc5c34)nc(-n3c4cc(-c5ccccc5)c5ccccc5c4c4c5ccccc5c(-c5ccccc5)cc43)n2)cc1. The smallest absolute Gasteiger partial charge is 0.238 e. The number of fused-ring (bicyclic) bond motifs is 12. The topological polar surface area (TPSA) is 56.7 Å². The average molecular weight is 791 g/mol. The van der Waals surface area contributed by atoms with E-state index in [1.54, 1.807) is 0 Å². The van der Waals surface area contributed by atoms with E-state index < -0.39 is 0 Å². The lowest BCUT2D eigenvalue weighted by Crippen LogP contribution is -2.06. The molecule has 3 aromatic heterocycles. The van der Waals surface area contributed by atoms with Crippen molar-refractivity contribution in [3.63, 3.8) is 0 Å². The van der Waals surface area contributed by atoms with Crippen LogP contribution in [-0.4, -0.2) is 19.5 Å². The van der Waals surface area contributed by atoms with Crippen LogP contribution in [0.1, 0.15) is 0 Å². The summed E-state index contributed by atoms with van der Waals surface area (Å²) in [6.07, 6.45) is 0. The first-order chi connectivity index (χ1) is 30.7. The first-order valence-corrected chi connectivity index (χ1v) is 20.9. The Hall–Kier alpha value is -8.41. The lowest BCUT2D eigenvalue weighted by molar-refractivity contribution is 0.669.